The van der Waals surface area contributed by atoms with Crippen molar-refractivity contribution in [2.75, 3.05) is 0 Å². The Balaban J connectivity index is 1.51. The quantitative estimate of drug-likeness (QED) is 0.848. The molecule has 0 radical (unpaired) electrons. The summed E-state index contributed by atoms with van der Waals surface area (Å²) in [5, 5.41) is 3.45. The Morgan fingerprint density at radius 2 is 2.00 bits per heavy atom. The lowest BCUT2D eigenvalue weighted by atomic mass is 9.85. The Labute approximate surface area is 114 Å². The highest BCUT2D eigenvalue weighted by molar-refractivity contribution is 5.76. The van der Waals surface area contributed by atoms with Crippen LogP contribution in [-0.2, 0) is 16.1 Å². The third kappa shape index (κ3) is 2.98. The number of fused-ring (bicyclic) bond motifs is 1. The fourth-order valence-electron chi connectivity index (χ4n) is 3.33. The molecule has 0 aromatic heterocycles. The Morgan fingerprint density at radius 3 is 2.79 bits per heavy atom. The van der Waals surface area contributed by atoms with E-state index in [0.717, 1.165) is 12.0 Å². The molecule has 1 N–H and O–H groups in total. The molecule has 1 saturated heterocycles. The SMILES string of the molecule is O=C(OCc1ccccc1)[C@@H]1C[C@@H]2CCCCC2N1. The van der Waals surface area contributed by atoms with Gasteiger partial charge in [0.2, 0.25) is 0 Å². The first-order valence-corrected chi connectivity index (χ1v) is 7.29. The topological polar surface area (TPSA) is 38.3 Å². The van der Waals surface area contributed by atoms with Gasteiger partial charge in [-0.15, -0.1) is 0 Å². The number of carbonyl (C=O) groups excluding carboxylic acids is 1. The van der Waals surface area contributed by atoms with Gasteiger partial charge in [-0.25, -0.2) is 0 Å². The highest BCUT2D eigenvalue weighted by Crippen LogP contribution is 2.33. The van der Waals surface area contributed by atoms with E-state index < -0.39 is 0 Å². The van der Waals surface area contributed by atoms with E-state index in [4.69, 9.17) is 4.74 Å². The summed E-state index contributed by atoms with van der Waals surface area (Å²) in [6.45, 7) is 0.382. The van der Waals surface area contributed by atoms with E-state index in [1.165, 1.54) is 25.7 Å². The normalized spacial score (nSPS) is 29.8. The summed E-state index contributed by atoms with van der Waals surface area (Å²) < 4.78 is 5.42. The van der Waals surface area contributed by atoms with E-state index >= 15 is 0 Å². The molecule has 1 aromatic rings. The van der Waals surface area contributed by atoms with Gasteiger partial charge in [0.15, 0.2) is 0 Å². The highest BCUT2D eigenvalue weighted by Gasteiger charge is 2.38. The van der Waals surface area contributed by atoms with Crippen molar-refractivity contribution >= 4 is 5.97 Å². The minimum absolute atomic E-state index is 0.0850. The standard InChI is InChI=1S/C16H21NO2/c18-16(19-11-12-6-2-1-3-7-12)15-10-13-8-4-5-9-14(13)17-15/h1-3,6-7,13-15,17H,4-5,8-11H2/t13-,14?,15-/m0/s1. The smallest absolute Gasteiger partial charge is 0.323 e. The number of benzene rings is 1. The second kappa shape index (κ2) is 5.74. The molecule has 2 fully saturated rings. The molecule has 3 nitrogen and oxygen atoms in total. The lowest BCUT2D eigenvalue weighted by Crippen LogP contribution is -2.37. The van der Waals surface area contributed by atoms with Crippen molar-refractivity contribution in [2.24, 2.45) is 5.92 Å². The van der Waals surface area contributed by atoms with Gasteiger partial charge in [0.05, 0.1) is 0 Å². The number of esters is 1. The van der Waals surface area contributed by atoms with Gasteiger partial charge < -0.3 is 10.1 Å². The fraction of sp³-hybridized carbons (Fsp3) is 0.562. The zero-order valence-electron chi connectivity index (χ0n) is 11.2. The third-order valence-corrected chi connectivity index (χ3v) is 4.37. The van der Waals surface area contributed by atoms with E-state index in [-0.39, 0.29) is 12.0 Å². The predicted molar refractivity (Wildman–Crippen MR) is 73.5 cm³/mol. The summed E-state index contributed by atoms with van der Waals surface area (Å²) in [7, 11) is 0. The molecule has 3 heteroatoms. The van der Waals surface area contributed by atoms with Crippen LogP contribution in [0, 0.1) is 5.92 Å². The van der Waals surface area contributed by atoms with E-state index in [1.807, 2.05) is 30.3 Å². The van der Waals surface area contributed by atoms with Crippen LogP contribution in [0.15, 0.2) is 30.3 Å². The Hall–Kier alpha value is -1.35. The summed E-state index contributed by atoms with van der Waals surface area (Å²) in [6.07, 6.45) is 6.04. The molecule has 102 valence electrons. The van der Waals surface area contributed by atoms with Crippen molar-refractivity contribution in [3.63, 3.8) is 0 Å². The van der Waals surface area contributed by atoms with E-state index in [0.29, 0.717) is 18.6 Å². The molecular weight excluding hydrogens is 238 g/mol. The number of hydrogen-bond acceptors (Lipinski definition) is 3. The molecule has 3 rings (SSSR count). The van der Waals surface area contributed by atoms with Gasteiger partial charge >= 0.3 is 5.97 Å². The van der Waals surface area contributed by atoms with Gasteiger partial charge in [-0.2, -0.15) is 0 Å². The second-order valence-corrected chi connectivity index (χ2v) is 5.70. The summed E-state index contributed by atoms with van der Waals surface area (Å²) in [4.78, 5) is 12.1. The second-order valence-electron chi connectivity index (χ2n) is 5.70. The zero-order chi connectivity index (χ0) is 13.1. The average Bonchev–Trinajstić information content (AvgIpc) is 2.90. The van der Waals surface area contributed by atoms with Gasteiger partial charge in [-0.05, 0) is 30.7 Å². The number of ether oxygens (including phenoxy) is 1. The molecule has 1 saturated carbocycles. The molecule has 0 bridgehead atoms. The first-order chi connectivity index (χ1) is 9.33. The van der Waals surface area contributed by atoms with Gasteiger partial charge in [0, 0.05) is 6.04 Å². The van der Waals surface area contributed by atoms with Crippen LogP contribution in [0.4, 0.5) is 0 Å². The maximum Gasteiger partial charge on any atom is 0.323 e. The maximum atomic E-state index is 12.1. The summed E-state index contributed by atoms with van der Waals surface area (Å²) in [5.41, 5.74) is 1.05. The van der Waals surface area contributed by atoms with Crippen molar-refractivity contribution < 1.29 is 9.53 Å². The van der Waals surface area contributed by atoms with Crippen molar-refractivity contribution in [2.45, 2.75) is 50.8 Å². The van der Waals surface area contributed by atoms with Crippen LogP contribution < -0.4 is 5.32 Å². The molecule has 0 spiro atoms. The van der Waals surface area contributed by atoms with Crippen LogP contribution in [0.5, 0.6) is 0 Å². The van der Waals surface area contributed by atoms with Gasteiger partial charge in [0.25, 0.3) is 0 Å². The molecule has 1 aliphatic heterocycles. The van der Waals surface area contributed by atoms with Crippen LogP contribution in [0.1, 0.15) is 37.7 Å². The van der Waals surface area contributed by atoms with Gasteiger partial charge in [-0.1, -0.05) is 43.2 Å². The minimum atomic E-state index is -0.0863. The van der Waals surface area contributed by atoms with Crippen molar-refractivity contribution in [1.82, 2.24) is 5.32 Å². The van der Waals surface area contributed by atoms with Crippen molar-refractivity contribution in [3.05, 3.63) is 35.9 Å². The highest BCUT2D eigenvalue weighted by atomic mass is 16.5. The summed E-state index contributed by atoms with van der Waals surface area (Å²) >= 11 is 0. The Bertz CT molecular complexity index is 418. The monoisotopic (exact) mass is 259 g/mol. The van der Waals surface area contributed by atoms with Crippen LogP contribution in [0.25, 0.3) is 0 Å². The van der Waals surface area contributed by atoms with E-state index in [1.54, 1.807) is 0 Å². The average molecular weight is 259 g/mol. The lowest BCUT2D eigenvalue weighted by Gasteiger charge is -2.24. The summed E-state index contributed by atoms with van der Waals surface area (Å²) in [6, 6.07) is 10.3. The van der Waals surface area contributed by atoms with Crippen LogP contribution in [0.2, 0.25) is 0 Å². The van der Waals surface area contributed by atoms with Crippen molar-refractivity contribution in [1.29, 1.82) is 0 Å². The molecule has 1 heterocycles. The molecule has 0 amide bonds. The van der Waals surface area contributed by atoms with E-state index in [2.05, 4.69) is 5.32 Å². The van der Waals surface area contributed by atoms with Gasteiger partial charge in [0.1, 0.15) is 12.6 Å². The first kappa shape index (κ1) is 12.7. The molecular formula is C16H21NO2. The first-order valence-electron chi connectivity index (χ1n) is 7.29. The summed E-state index contributed by atoms with van der Waals surface area (Å²) in [5.74, 6) is 0.598. The van der Waals surface area contributed by atoms with Gasteiger partial charge in [-0.3, -0.25) is 4.79 Å². The molecule has 19 heavy (non-hydrogen) atoms. The molecule has 2 aliphatic rings. The molecule has 1 aromatic carbocycles. The number of carbonyl (C=O) groups is 1. The predicted octanol–water partition coefficient (Wildman–Crippen LogP) is 2.65. The zero-order valence-corrected chi connectivity index (χ0v) is 11.2. The lowest BCUT2D eigenvalue weighted by molar-refractivity contribution is -0.147. The Morgan fingerprint density at radius 1 is 1.21 bits per heavy atom. The van der Waals surface area contributed by atoms with Crippen LogP contribution in [-0.4, -0.2) is 18.1 Å². The minimum Gasteiger partial charge on any atom is -0.460 e. The number of nitrogens with one attached hydrogen (secondary N) is 1. The van der Waals surface area contributed by atoms with Crippen molar-refractivity contribution in [3.8, 4) is 0 Å². The third-order valence-electron chi connectivity index (χ3n) is 4.37. The Kier molecular flexibility index (Phi) is 3.83. The van der Waals surface area contributed by atoms with E-state index in [9.17, 15) is 4.79 Å². The largest absolute Gasteiger partial charge is 0.460 e. The fourth-order valence-corrected chi connectivity index (χ4v) is 3.33. The maximum absolute atomic E-state index is 12.1. The van der Waals surface area contributed by atoms with Crippen LogP contribution in [0.3, 0.4) is 0 Å². The number of rotatable bonds is 3. The van der Waals surface area contributed by atoms with Crippen LogP contribution >= 0.6 is 0 Å². The molecule has 1 unspecified atom stereocenters. The molecule has 3 atom stereocenters. The molecule has 1 aliphatic carbocycles. The number of hydrogen-bond donors (Lipinski definition) is 1.